The van der Waals surface area contributed by atoms with Crippen molar-refractivity contribution < 1.29 is 23.4 Å². The zero-order valence-electron chi connectivity index (χ0n) is 18.8. The summed E-state index contributed by atoms with van der Waals surface area (Å²) in [6, 6.07) is 13.5. The fraction of sp³-hybridized carbons (Fsp3) is 0.240. The SMILES string of the molecule is CCNc1ccc(OC)c(-c2ccnc3cc(-c4cc(OC)c(OC)c(OC)c4)oc23)c1. The molecule has 4 aromatic rings. The molecule has 4 rings (SSSR count). The van der Waals surface area contributed by atoms with Gasteiger partial charge in [-0.3, -0.25) is 4.98 Å². The number of nitrogens with one attached hydrogen (secondary N) is 1. The number of fused-ring (bicyclic) bond motifs is 1. The average Bonchev–Trinajstić information content (AvgIpc) is 3.27. The Labute approximate surface area is 186 Å². The van der Waals surface area contributed by atoms with E-state index in [4.69, 9.17) is 23.4 Å². The van der Waals surface area contributed by atoms with Crippen LogP contribution in [0, 0.1) is 0 Å². The number of benzene rings is 2. The molecule has 1 N–H and O–H groups in total. The van der Waals surface area contributed by atoms with Crippen LogP contribution in [0.25, 0.3) is 33.6 Å². The summed E-state index contributed by atoms with van der Waals surface area (Å²) in [5.74, 6) is 3.02. The van der Waals surface area contributed by atoms with Crippen molar-refractivity contribution in [1.82, 2.24) is 4.98 Å². The summed E-state index contributed by atoms with van der Waals surface area (Å²) in [7, 11) is 6.41. The number of ether oxygens (including phenoxy) is 4. The number of nitrogens with zero attached hydrogens (tertiary/aromatic N) is 1. The van der Waals surface area contributed by atoms with Gasteiger partial charge in [0.15, 0.2) is 17.1 Å². The maximum Gasteiger partial charge on any atom is 0.203 e. The van der Waals surface area contributed by atoms with Crippen LogP contribution in [-0.2, 0) is 0 Å². The molecular formula is C25H26N2O5. The van der Waals surface area contributed by atoms with Crippen molar-refractivity contribution in [2.75, 3.05) is 40.3 Å². The molecule has 2 aromatic carbocycles. The molecule has 0 amide bonds. The predicted octanol–water partition coefficient (Wildman–Crippen LogP) is 5.63. The van der Waals surface area contributed by atoms with Gasteiger partial charge in [0.25, 0.3) is 0 Å². The fourth-order valence-electron chi connectivity index (χ4n) is 3.75. The molecular weight excluding hydrogens is 408 g/mol. The molecule has 0 bridgehead atoms. The summed E-state index contributed by atoms with van der Waals surface area (Å²) in [5.41, 5.74) is 5.02. The van der Waals surface area contributed by atoms with Gasteiger partial charge in [0.1, 0.15) is 17.0 Å². The summed E-state index contributed by atoms with van der Waals surface area (Å²) in [4.78, 5) is 4.51. The zero-order chi connectivity index (χ0) is 22.7. The third-order valence-corrected chi connectivity index (χ3v) is 5.23. The van der Waals surface area contributed by atoms with Gasteiger partial charge in [-0.05, 0) is 43.3 Å². The fourth-order valence-corrected chi connectivity index (χ4v) is 3.75. The van der Waals surface area contributed by atoms with E-state index >= 15 is 0 Å². The molecule has 0 aliphatic rings. The van der Waals surface area contributed by atoms with Gasteiger partial charge < -0.3 is 28.7 Å². The van der Waals surface area contributed by atoms with Crippen molar-refractivity contribution in [3.63, 3.8) is 0 Å². The number of pyridine rings is 1. The Hall–Kier alpha value is -3.87. The standard InChI is InChI=1S/C25H26N2O5/c1-6-26-16-7-8-20(28-2)18(13-16)17-9-10-27-19-14-21(32-24(17)19)15-11-22(29-3)25(31-5)23(12-15)30-4/h7-14,26H,6H2,1-5H3. The predicted molar refractivity (Wildman–Crippen MR) is 125 cm³/mol. The monoisotopic (exact) mass is 434 g/mol. The van der Waals surface area contributed by atoms with Gasteiger partial charge in [0, 0.05) is 41.2 Å². The third-order valence-electron chi connectivity index (χ3n) is 5.23. The van der Waals surface area contributed by atoms with Crippen molar-refractivity contribution in [2.24, 2.45) is 0 Å². The highest BCUT2D eigenvalue weighted by atomic mass is 16.5. The lowest BCUT2D eigenvalue weighted by atomic mass is 10.0. The van der Waals surface area contributed by atoms with Gasteiger partial charge in [-0.15, -0.1) is 0 Å². The Bertz CT molecular complexity index is 1220. The number of methoxy groups -OCH3 is 4. The molecule has 0 radical (unpaired) electrons. The lowest BCUT2D eigenvalue weighted by molar-refractivity contribution is 0.324. The van der Waals surface area contributed by atoms with Crippen molar-refractivity contribution in [3.05, 3.63) is 48.7 Å². The molecule has 32 heavy (non-hydrogen) atoms. The molecule has 0 atom stereocenters. The van der Waals surface area contributed by atoms with E-state index in [1.54, 1.807) is 34.6 Å². The third kappa shape index (κ3) is 3.77. The van der Waals surface area contributed by atoms with Crippen LogP contribution in [0.5, 0.6) is 23.0 Å². The van der Waals surface area contributed by atoms with Crippen LogP contribution in [-0.4, -0.2) is 40.0 Å². The van der Waals surface area contributed by atoms with E-state index in [0.717, 1.165) is 40.2 Å². The number of hydrogen-bond acceptors (Lipinski definition) is 7. The maximum absolute atomic E-state index is 6.32. The largest absolute Gasteiger partial charge is 0.496 e. The van der Waals surface area contributed by atoms with Crippen molar-refractivity contribution >= 4 is 16.8 Å². The summed E-state index contributed by atoms with van der Waals surface area (Å²) >= 11 is 0. The molecule has 0 aliphatic carbocycles. The Morgan fingerprint density at radius 3 is 2.16 bits per heavy atom. The van der Waals surface area contributed by atoms with E-state index < -0.39 is 0 Å². The van der Waals surface area contributed by atoms with Crippen LogP contribution in [0.2, 0.25) is 0 Å². The molecule has 166 valence electrons. The van der Waals surface area contributed by atoms with Crippen LogP contribution < -0.4 is 24.3 Å². The highest BCUT2D eigenvalue weighted by molar-refractivity contribution is 5.94. The van der Waals surface area contributed by atoms with Crippen molar-refractivity contribution in [3.8, 4) is 45.4 Å². The van der Waals surface area contributed by atoms with Gasteiger partial charge in [-0.2, -0.15) is 0 Å². The molecule has 0 saturated carbocycles. The lowest BCUT2D eigenvalue weighted by Gasteiger charge is -2.13. The van der Waals surface area contributed by atoms with Gasteiger partial charge in [-0.1, -0.05) is 0 Å². The van der Waals surface area contributed by atoms with Gasteiger partial charge >= 0.3 is 0 Å². The van der Waals surface area contributed by atoms with E-state index in [9.17, 15) is 0 Å². The highest BCUT2D eigenvalue weighted by Crippen LogP contribution is 2.43. The molecule has 2 aromatic heterocycles. The molecule has 7 nitrogen and oxygen atoms in total. The van der Waals surface area contributed by atoms with Crippen LogP contribution >= 0.6 is 0 Å². The molecule has 2 heterocycles. The molecule has 7 heteroatoms. The van der Waals surface area contributed by atoms with Crippen LogP contribution in [0.3, 0.4) is 0 Å². The number of rotatable bonds is 8. The second-order valence-electron chi connectivity index (χ2n) is 7.04. The Morgan fingerprint density at radius 2 is 1.53 bits per heavy atom. The van der Waals surface area contributed by atoms with Gasteiger partial charge in [0.05, 0.1) is 28.4 Å². The summed E-state index contributed by atoms with van der Waals surface area (Å²) in [6.07, 6.45) is 1.77. The molecule has 0 fully saturated rings. The minimum atomic E-state index is 0.527. The number of furan rings is 1. The molecule has 0 unspecified atom stereocenters. The van der Waals surface area contributed by atoms with Crippen LogP contribution in [0.4, 0.5) is 5.69 Å². The number of anilines is 1. The lowest BCUT2D eigenvalue weighted by Crippen LogP contribution is -1.97. The Balaban J connectivity index is 1.88. The minimum absolute atomic E-state index is 0.527. The number of hydrogen-bond donors (Lipinski definition) is 1. The van der Waals surface area contributed by atoms with E-state index in [1.807, 2.05) is 36.4 Å². The van der Waals surface area contributed by atoms with Crippen LogP contribution in [0.1, 0.15) is 6.92 Å². The zero-order valence-corrected chi connectivity index (χ0v) is 18.8. The summed E-state index contributed by atoms with van der Waals surface area (Å²) in [6.45, 7) is 2.88. The van der Waals surface area contributed by atoms with Gasteiger partial charge in [0.2, 0.25) is 5.75 Å². The molecule has 0 spiro atoms. The minimum Gasteiger partial charge on any atom is -0.496 e. The van der Waals surface area contributed by atoms with E-state index in [-0.39, 0.29) is 0 Å². The Kier molecular flexibility index (Phi) is 6.07. The average molecular weight is 434 g/mol. The quantitative estimate of drug-likeness (QED) is 0.385. The normalized spacial score (nSPS) is 10.8. The molecule has 0 saturated heterocycles. The smallest absolute Gasteiger partial charge is 0.203 e. The Morgan fingerprint density at radius 1 is 0.812 bits per heavy atom. The summed E-state index contributed by atoms with van der Waals surface area (Å²) in [5, 5.41) is 3.34. The first-order chi connectivity index (χ1) is 15.6. The van der Waals surface area contributed by atoms with Crippen molar-refractivity contribution in [1.29, 1.82) is 0 Å². The first-order valence-electron chi connectivity index (χ1n) is 10.2. The topological polar surface area (TPSA) is 75.0 Å². The number of aromatic nitrogens is 1. The second kappa shape index (κ2) is 9.09. The van der Waals surface area contributed by atoms with Crippen molar-refractivity contribution in [2.45, 2.75) is 6.92 Å². The van der Waals surface area contributed by atoms with E-state index in [1.165, 1.54) is 0 Å². The second-order valence-corrected chi connectivity index (χ2v) is 7.04. The first-order valence-corrected chi connectivity index (χ1v) is 10.2. The molecule has 0 aliphatic heterocycles. The van der Waals surface area contributed by atoms with E-state index in [0.29, 0.717) is 28.6 Å². The summed E-state index contributed by atoms with van der Waals surface area (Å²) < 4.78 is 28.3. The highest BCUT2D eigenvalue weighted by Gasteiger charge is 2.19. The first kappa shape index (κ1) is 21.4. The maximum atomic E-state index is 6.32. The van der Waals surface area contributed by atoms with Crippen LogP contribution in [0.15, 0.2) is 53.1 Å². The van der Waals surface area contributed by atoms with E-state index in [2.05, 4.69) is 23.3 Å². The van der Waals surface area contributed by atoms with Gasteiger partial charge in [-0.25, -0.2) is 0 Å².